The third-order valence-corrected chi connectivity index (χ3v) is 4.98. The number of nitrogens with one attached hydrogen (secondary N) is 1. The molecule has 0 saturated heterocycles. The van der Waals surface area contributed by atoms with Crippen molar-refractivity contribution in [2.45, 2.75) is 59.1 Å². The molecule has 2 nitrogen and oxygen atoms in total. The van der Waals surface area contributed by atoms with Crippen molar-refractivity contribution in [1.29, 1.82) is 0 Å². The molecule has 0 aliphatic heterocycles. The third kappa shape index (κ3) is 3.54. The fourth-order valence-corrected chi connectivity index (χ4v) is 3.03. The van der Waals surface area contributed by atoms with E-state index in [1.165, 1.54) is 30.4 Å². The summed E-state index contributed by atoms with van der Waals surface area (Å²) >= 11 is 0. The van der Waals surface area contributed by atoms with Crippen LogP contribution >= 0.6 is 0 Å². The zero-order valence-corrected chi connectivity index (χ0v) is 13.6. The van der Waals surface area contributed by atoms with E-state index in [2.05, 4.69) is 51.2 Å². The van der Waals surface area contributed by atoms with Gasteiger partial charge in [0.05, 0.1) is 6.10 Å². The molecule has 4 unspecified atom stereocenters. The summed E-state index contributed by atoms with van der Waals surface area (Å²) in [6, 6.07) is 6.95. The van der Waals surface area contributed by atoms with Gasteiger partial charge in [-0.1, -0.05) is 26.0 Å². The smallest absolute Gasteiger partial charge is 0.122 e. The first-order valence-electron chi connectivity index (χ1n) is 7.95. The fourth-order valence-electron chi connectivity index (χ4n) is 3.03. The number of benzene rings is 1. The number of hydrogen-bond donors (Lipinski definition) is 1. The molecule has 2 heteroatoms. The van der Waals surface area contributed by atoms with Crippen LogP contribution in [0.1, 0.15) is 57.2 Å². The Kier molecular flexibility index (Phi) is 5.09. The molecular formula is C18H29NO. The maximum Gasteiger partial charge on any atom is 0.122 e. The molecule has 1 aromatic carbocycles. The Morgan fingerprint density at radius 1 is 1.20 bits per heavy atom. The number of hydrogen-bond acceptors (Lipinski definition) is 2. The summed E-state index contributed by atoms with van der Waals surface area (Å²) in [7, 11) is 2.00. The third-order valence-electron chi connectivity index (χ3n) is 4.98. The molecule has 0 spiro atoms. The molecule has 1 aromatic rings. The van der Waals surface area contributed by atoms with Crippen LogP contribution in [0, 0.1) is 18.8 Å². The van der Waals surface area contributed by atoms with Crippen molar-refractivity contribution in [2.24, 2.45) is 11.8 Å². The van der Waals surface area contributed by atoms with Gasteiger partial charge in [-0.2, -0.15) is 0 Å². The summed E-state index contributed by atoms with van der Waals surface area (Å²) in [4.78, 5) is 0. The first-order chi connectivity index (χ1) is 9.51. The molecule has 2 rings (SSSR count). The molecule has 20 heavy (non-hydrogen) atoms. The van der Waals surface area contributed by atoms with Crippen molar-refractivity contribution in [2.75, 3.05) is 7.05 Å². The summed E-state index contributed by atoms with van der Waals surface area (Å²) in [5.41, 5.74) is 2.57. The van der Waals surface area contributed by atoms with Gasteiger partial charge < -0.3 is 10.1 Å². The van der Waals surface area contributed by atoms with E-state index in [4.69, 9.17) is 4.74 Å². The van der Waals surface area contributed by atoms with Crippen LogP contribution in [0.5, 0.6) is 5.75 Å². The highest BCUT2D eigenvalue weighted by molar-refractivity contribution is 5.37. The molecule has 1 fully saturated rings. The minimum absolute atomic E-state index is 0.387. The zero-order valence-electron chi connectivity index (χ0n) is 13.6. The van der Waals surface area contributed by atoms with Gasteiger partial charge in [-0.3, -0.25) is 0 Å². The average molecular weight is 275 g/mol. The standard InChI is InChI=1S/C18H29NO/c1-12-6-8-17(11-13(12)2)20-18-9-7-16(10-14(18)3)15(4)19-5/h7,9-10,12-13,15,17,19H,6,8,11H2,1-5H3. The van der Waals surface area contributed by atoms with Crippen LogP contribution in [-0.4, -0.2) is 13.2 Å². The number of ether oxygens (including phenoxy) is 1. The van der Waals surface area contributed by atoms with Gasteiger partial charge in [-0.15, -0.1) is 0 Å². The summed E-state index contributed by atoms with van der Waals surface area (Å²) in [6.45, 7) is 9.04. The minimum Gasteiger partial charge on any atom is -0.490 e. The topological polar surface area (TPSA) is 21.3 Å². The number of rotatable bonds is 4. The normalized spacial score (nSPS) is 28.1. The first-order valence-corrected chi connectivity index (χ1v) is 7.95. The lowest BCUT2D eigenvalue weighted by atomic mass is 9.80. The summed E-state index contributed by atoms with van der Waals surface area (Å²) in [6.07, 6.45) is 4.07. The first kappa shape index (κ1) is 15.4. The van der Waals surface area contributed by atoms with E-state index >= 15 is 0 Å². The molecule has 0 amide bonds. The number of aryl methyl sites for hydroxylation is 1. The Labute approximate surface area is 123 Å². The van der Waals surface area contributed by atoms with E-state index in [1.807, 2.05) is 7.05 Å². The SMILES string of the molecule is CNC(C)c1ccc(OC2CCC(C)C(C)C2)c(C)c1. The Bertz CT molecular complexity index is 443. The molecule has 1 N–H and O–H groups in total. The maximum atomic E-state index is 6.25. The second kappa shape index (κ2) is 6.62. The van der Waals surface area contributed by atoms with E-state index < -0.39 is 0 Å². The molecule has 1 saturated carbocycles. The van der Waals surface area contributed by atoms with Crippen LogP contribution < -0.4 is 10.1 Å². The highest BCUT2D eigenvalue weighted by atomic mass is 16.5. The van der Waals surface area contributed by atoms with Crippen molar-refractivity contribution in [1.82, 2.24) is 5.32 Å². The Morgan fingerprint density at radius 3 is 2.55 bits per heavy atom. The van der Waals surface area contributed by atoms with Crippen LogP contribution in [-0.2, 0) is 0 Å². The molecule has 1 aliphatic rings. The Morgan fingerprint density at radius 2 is 1.95 bits per heavy atom. The van der Waals surface area contributed by atoms with Crippen LogP contribution in [0.4, 0.5) is 0 Å². The van der Waals surface area contributed by atoms with E-state index in [9.17, 15) is 0 Å². The van der Waals surface area contributed by atoms with Crippen molar-refractivity contribution in [3.63, 3.8) is 0 Å². The van der Waals surface area contributed by atoms with Gasteiger partial charge in [0, 0.05) is 6.04 Å². The van der Waals surface area contributed by atoms with Gasteiger partial charge >= 0.3 is 0 Å². The van der Waals surface area contributed by atoms with E-state index in [1.54, 1.807) is 0 Å². The van der Waals surface area contributed by atoms with E-state index in [0.29, 0.717) is 12.1 Å². The van der Waals surface area contributed by atoms with E-state index in [-0.39, 0.29) is 0 Å². The van der Waals surface area contributed by atoms with E-state index in [0.717, 1.165) is 17.6 Å². The highest BCUT2D eigenvalue weighted by Crippen LogP contribution is 2.33. The average Bonchev–Trinajstić information content (AvgIpc) is 2.44. The lowest BCUT2D eigenvalue weighted by Gasteiger charge is -2.32. The minimum atomic E-state index is 0.387. The Hall–Kier alpha value is -1.02. The van der Waals surface area contributed by atoms with Gasteiger partial charge in [-0.05, 0) is 69.2 Å². The lowest BCUT2D eigenvalue weighted by molar-refractivity contribution is 0.0999. The zero-order chi connectivity index (χ0) is 14.7. The molecule has 0 aromatic heterocycles. The van der Waals surface area contributed by atoms with Crippen molar-refractivity contribution < 1.29 is 4.74 Å². The largest absolute Gasteiger partial charge is 0.490 e. The molecule has 1 aliphatic carbocycles. The lowest BCUT2D eigenvalue weighted by Crippen LogP contribution is -2.29. The van der Waals surface area contributed by atoms with Gasteiger partial charge in [0.15, 0.2) is 0 Å². The molecule has 4 atom stereocenters. The van der Waals surface area contributed by atoms with Gasteiger partial charge in [0.2, 0.25) is 0 Å². The predicted molar refractivity (Wildman–Crippen MR) is 85.2 cm³/mol. The van der Waals surface area contributed by atoms with Crippen LogP contribution in [0.15, 0.2) is 18.2 Å². The fraction of sp³-hybridized carbons (Fsp3) is 0.667. The van der Waals surface area contributed by atoms with Gasteiger partial charge in [0.1, 0.15) is 5.75 Å². The monoisotopic (exact) mass is 275 g/mol. The predicted octanol–water partition coefficient (Wildman–Crippen LogP) is 4.48. The molecular weight excluding hydrogens is 246 g/mol. The summed E-state index contributed by atoms with van der Waals surface area (Å²) < 4.78 is 6.25. The van der Waals surface area contributed by atoms with Gasteiger partial charge in [-0.25, -0.2) is 0 Å². The maximum absolute atomic E-state index is 6.25. The molecule has 0 heterocycles. The second-order valence-electron chi connectivity index (χ2n) is 6.54. The van der Waals surface area contributed by atoms with Crippen LogP contribution in [0.3, 0.4) is 0 Å². The van der Waals surface area contributed by atoms with Crippen molar-refractivity contribution in [3.05, 3.63) is 29.3 Å². The molecule has 112 valence electrons. The van der Waals surface area contributed by atoms with Gasteiger partial charge in [0.25, 0.3) is 0 Å². The van der Waals surface area contributed by atoms with Crippen molar-refractivity contribution >= 4 is 0 Å². The molecule has 0 bridgehead atoms. The highest BCUT2D eigenvalue weighted by Gasteiger charge is 2.26. The van der Waals surface area contributed by atoms with Crippen LogP contribution in [0.25, 0.3) is 0 Å². The Balaban J connectivity index is 2.03. The van der Waals surface area contributed by atoms with Crippen molar-refractivity contribution in [3.8, 4) is 5.75 Å². The summed E-state index contributed by atoms with van der Waals surface area (Å²) in [5.74, 6) is 2.68. The quantitative estimate of drug-likeness (QED) is 0.875. The summed E-state index contributed by atoms with van der Waals surface area (Å²) in [5, 5.41) is 3.28. The second-order valence-corrected chi connectivity index (χ2v) is 6.54. The van der Waals surface area contributed by atoms with Crippen LogP contribution in [0.2, 0.25) is 0 Å². The molecule has 0 radical (unpaired) electrons.